The lowest BCUT2D eigenvalue weighted by Gasteiger charge is -2.61. The van der Waals surface area contributed by atoms with E-state index in [1.807, 2.05) is 0 Å². The highest BCUT2D eigenvalue weighted by Crippen LogP contribution is 2.66. The van der Waals surface area contributed by atoms with Crippen LogP contribution < -0.4 is 20.9 Å². The van der Waals surface area contributed by atoms with Gasteiger partial charge in [-0.15, -0.1) is 0 Å². The molecule has 0 unspecified atom stereocenters. The number of benzene rings is 3. The molecule has 6 N–H and O–H groups in total. The molecular formula is C38H44N2O4. The Labute approximate surface area is 259 Å². The van der Waals surface area contributed by atoms with Gasteiger partial charge in [0.25, 0.3) is 0 Å². The summed E-state index contributed by atoms with van der Waals surface area (Å²) in [6.45, 7) is 0. The minimum absolute atomic E-state index is 0.0000739. The van der Waals surface area contributed by atoms with Crippen LogP contribution in [0, 0.1) is 35.5 Å². The van der Waals surface area contributed by atoms with Crippen LogP contribution in [0.5, 0.6) is 34.5 Å². The van der Waals surface area contributed by atoms with Crippen molar-refractivity contribution in [3.63, 3.8) is 0 Å². The summed E-state index contributed by atoms with van der Waals surface area (Å²) in [6.07, 6.45) is 16.1. The van der Waals surface area contributed by atoms with Crippen molar-refractivity contribution in [2.45, 2.75) is 87.9 Å². The topological polar surface area (TPSA) is 111 Å². The Hall–Kier alpha value is -3.54. The molecular weight excluding hydrogens is 548 g/mol. The fourth-order valence-electron chi connectivity index (χ4n) is 11.9. The van der Waals surface area contributed by atoms with Gasteiger partial charge in [-0.3, -0.25) is 0 Å². The molecule has 8 aliphatic carbocycles. The molecule has 8 aliphatic rings. The Morgan fingerprint density at radius 2 is 0.818 bits per heavy atom. The van der Waals surface area contributed by atoms with Crippen LogP contribution in [0.25, 0.3) is 0 Å². The Morgan fingerprint density at radius 3 is 1.11 bits per heavy atom. The number of anilines is 2. The van der Waals surface area contributed by atoms with E-state index in [0.717, 1.165) is 35.5 Å². The van der Waals surface area contributed by atoms with Crippen molar-refractivity contribution < 1.29 is 19.7 Å². The van der Waals surface area contributed by atoms with Crippen molar-refractivity contribution in [3.05, 3.63) is 59.7 Å². The highest BCUT2D eigenvalue weighted by Gasteiger charge is 2.57. The standard InChI is InChI=1S/C38H44N2O4/c39-31-3-1-27(11-33(31)41)43-35-13-29(37-15-21-5-22(16-37)7-23(6-21)17-37)30(14-36(35)44-28-2-4-32(40)34(42)12-28)38-18-24-8-25(19-38)10-26(9-24)20-38/h1-4,11-14,21-26,41-42H,5-10,15-20,39-40H2. The fourth-order valence-corrected chi connectivity index (χ4v) is 11.9. The first kappa shape index (κ1) is 26.8. The van der Waals surface area contributed by atoms with Crippen molar-refractivity contribution in [2.75, 3.05) is 11.5 Å². The van der Waals surface area contributed by atoms with Gasteiger partial charge in [0.1, 0.15) is 23.0 Å². The molecule has 44 heavy (non-hydrogen) atoms. The maximum atomic E-state index is 10.4. The summed E-state index contributed by atoms with van der Waals surface area (Å²) in [5.74, 6) is 7.30. The van der Waals surface area contributed by atoms with Gasteiger partial charge in [-0.1, -0.05) is 0 Å². The summed E-state index contributed by atoms with van der Waals surface area (Å²) < 4.78 is 13.2. The molecule has 0 amide bonds. The zero-order valence-corrected chi connectivity index (χ0v) is 25.4. The number of nitrogen functional groups attached to an aromatic ring is 2. The molecule has 3 aromatic carbocycles. The van der Waals surface area contributed by atoms with Crippen LogP contribution in [0.3, 0.4) is 0 Å². The molecule has 0 atom stereocenters. The predicted octanol–water partition coefficient (Wildman–Crippen LogP) is 8.78. The number of ether oxygens (including phenoxy) is 2. The van der Waals surface area contributed by atoms with Crippen LogP contribution in [0.15, 0.2) is 48.5 Å². The molecule has 6 heteroatoms. The predicted molar refractivity (Wildman–Crippen MR) is 171 cm³/mol. The Morgan fingerprint density at radius 1 is 0.500 bits per heavy atom. The molecule has 3 aromatic rings. The maximum Gasteiger partial charge on any atom is 0.170 e. The SMILES string of the molecule is Nc1ccc(Oc2cc(C34CC5CC(CC(C5)C3)C4)c(C34CC5CC(CC(C5)C3)C4)cc2Oc2ccc(N)c(O)c2)cc1O. The van der Waals surface area contributed by atoms with Crippen molar-refractivity contribution in [1.29, 1.82) is 0 Å². The third-order valence-electron chi connectivity index (χ3n) is 12.8. The van der Waals surface area contributed by atoms with E-state index in [1.165, 1.54) is 88.2 Å². The summed E-state index contributed by atoms with van der Waals surface area (Å²) in [7, 11) is 0. The summed E-state index contributed by atoms with van der Waals surface area (Å²) in [6, 6.07) is 14.8. The van der Waals surface area contributed by atoms with Crippen molar-refractivity contribution >= 4 is 11.4 Å². The van der Waals surface area contributed by atoms with Gasteiger partial charge in [0.2, 0.25) is 0 Å². The maximum absolute atomic E-state index is 10.4. The van der Waals surface area contributed by atoms with Gasteiger partial charge in [0.15, 0.2) is 11.5 Å². The lowest BCUT2D eigenvalue weighted by Crippen LogP contribution is -2.52. The van der Waals surface area contributed by atoms with Crippen LogP contribution >= 0.6 is 0 Å². The van der Waals surface area contributed by atoms with Gasteiger partial charge in [0.05, 0.1) is 11.4 Å². The van der Waals surface area contributed by atoms with Crippen LogP contribution in [0.2, 0.25) is 0 Å². The quantitative estimate of drug-likeness (QED) is 0.168. The largest absolute Gasteiger partial charge is 0.506 e. The number of nitrogens with two attached hydrogens (primary N) is 2. The molecule has 0 heterocycles. The van der Waals surface area contributed by atoms with Gasteiger partial charge < -0.3 is 31.2 Å². The smallest absolute Gasteiger partial charge is 0.170 e. The Kier molecular flexibility index (Phi) is 5.78. The molecule has 0 aliphatic heterocycles. The zero-order chi connectivity index (χ0) is 29.8. The van der Waals surface area contributed by atoms with E-state index in [0.29, 0.717) is 34.4 Å². The van der Waals surface area contributed by atoms with E-state index in [1.54, 1.807) is 36.4 Å². The van der Waals surface area contributed by atoms with Crippen LogP contribution in [0.4, 0.5) is 11.4 Å². The highest BCUT2D eigenvalue weighted by atomic mass is 16.5. The lowest BCUT2D eigenvalue weighted by molar-refractivity contribution is -0.0176. The monoisotopic (exact) mass is 592 g/mol. The van der Waals surface area contributed by atoms with E-state index in [2.05, 4.69) is 12.1 Å². The lowest BCUT2D eigenvalue weighted by atomic mass is 9.44. The minimum Gasteiger partial charge on any atom is -0.506 e. The molecule has 0 aromatic heterocycles. The second-order valence-electron chi connectivity index (χ2n) is 15.9. The van der Waals surface area contributed by atoms with Crippen LogP contribution in [-0.2, 0) is 10.8 Å². The van der Waals surface area contributed by atoms with Gasteiger partial charge in [-0.2, -0.15) is 0 Å². The third-order valence-corrected chi connectivity index (χ3v) is 12.8. The van der Waals surface area contributed by atoms with Crippen LogP contribution in [-0.4, -0.2) is 10.2 Å². The van der Waals surface area contributed by atoms with E-state index >= 15 is 0 Å². The molecule has 6 nitrogen and oxygen atoms in total. The summed E-state index contributed by atoms with van der Waals surface area (Å²) in [5, 5.41) is 20.8. The number of phenols is 2. The van der Waals surface area contributed by atoms with Gasteiger partial charge in [0, 0.05) is 12.1 Å². The Balaban J connectivity index is 1.23. The third kappa shape index (κ3) is 4.27. The molecule has 230 valence electrons. The first-order valence-corrected chi connectivity index (χ1v) is 16.9. The summed E-state index contributed by atoms with van der Waals surface area (Å²) in [5.41, 5.74) is 15.9. The van der Waals surface area contributed by atoms with E-state index in [9.17, 15) is 10.2 Å². The number of rotatable bonds is 6. The summed E-state index contributed by atoms with van der Waals surface area (Å²) >= 11 is 0. The number of aromatic hydroxyl groups is 2. The van der Waals surface area contributed by atoms with E-state index in [-0.39, 0.29) is 22.3 Å². The summed E-state index contributed by atoms with van der Waals surface area (Å²) in [4.78, 5) is 0. The molecule has 11 rings (SSSR count). The average molecular weight is 593 g/mol. The number of hydrogen-bond acceptors (Lipinski definition) is 6. The normalized spacial score (nSPS) is 36.1. The minimum atomic E-state index is -0.0000739. The molecule has 0 spiro atoms. The fraction of sp³-hybridized carbons (Fsp3) is 0.526. The first-order chi connectivity index (χ1) is 21.2. The van der Waals surface area contributed by atoms with E-state index in [4.69, 9.17) is 20.9 Å². The molecule has 0 saturated heterocycles. The highest BCUT2D eigenvalue weighted by molar-refractivity contribution is 5.60. The van der Waals surface area contributed by atoms with Gasteiger partial charge >= 0.3 is 0 Å². The van der Waals surface area contributed by atoms with Crippen molar-refractivity contribution in [3.8, 4) is 34.5 Å². The molecule has 0 radical (unpaired) electrons. The number of phenolic OH excluding ortho intramolecular Hbond substituents is 2. The Bertz CT molecular complexity index is 1450. The zero-order valence-electron chi connectivity index (χ0n) is 25.4. The van der Waals surface area contributed by atoms with Gasteiger partial charge in [-0.05, 0) is 171 Å². The number of hydrogen-bond donors (Lipinski definition) is 4. The second kappa shape index (κ2) is 9.48. The second-order valence-corrected chi connectivity index (χ2v) is 15.9. The average Bonchev–Trinajstić information content (AvgIpc) is 2.96. The van der Waals surface area contributed by atoms with Crippen molar-refractivity contribution in [1.82, 2.24) is 0 Å². The van der Waals surface area contributed by atoms with Crippen LogP contribution in [0.1, 0.15) is 88.2 Å². The van der Waals surface area contributed by atoms with Crippen molar-refractivity contribution in [2.24, 2.45) is 35.5 Å². The van der Waals surface area contributed by atoms with E-state index < -0.39 is 0 Å². The molecule has 8 bridgehead atoms. The van der Waals surface area contributed by atoms with Gasteiger partial charge in [-0.25, -0.2) is 0 Å². The first-order valence-electron chi connectivity index (χ1n) is 16.9. The molecule has 8 fully saturated rings. The molecule has 8 saturated carbocycles.